The summed E-state index contributed by atoms with van der Waals surface area (Å²) < 4.78 is 26.7. The number of aromatic nitrogens is 2. The van der Waals surface area contributed by atoms with Gasteiger partial charge in [0.05, 0.1) is 27.8 Å². The number of carbonyl (C=O) groups excluding carboxylic acids is 1. The molecule has 0 saturated heterocycles. The summed E-state index contributed by atoms with van der Waals surface area (Å²) in [5.74, 6) is 1.44. The molecule has 28 heavy (non-hydrogen) atoms. The van der Waals surface area contributed by atoms with Gasteiger partial charge in [-0.3, -0.25) is 4.79 Å². The lowest BCUT2D eigenvalue weighted by Crippen LogP contribution is -2.08. The van der Waals surface area contributed by atoms with Crippen LogP contribution in [0.5, 0.6) is 17.2 Å². The number of carbonyl (C=O) groups is 1. The third kappa shape index (κ3) is 4.40. The molecule has 0 saturated carbocycles. The topological polar surface area (TPSA) is 92.9 Å². The van der Waals surface area contributed by atoms with Crippen LogP contribution in [0.3, 0.4) is 0 Å². The molecule has 3 aromatic rings. The number of benzene rings is 2. The number of esters is 1. The molecule has 8 heteroatoms. The third-order valence-electron chi connectivity index (χ3n) is 3.93. The zero-order valence-corrected chi connectivity index (χ0v) is 15.8. The Morgan fingerprint density at radius 3 is 2.25 bits per heavy atom. The van der Waals surface area contributed by atoms with Gasteiger partial charge in [0.15, 0.2) is 18.1 Å². The van der Waals surface area contributed by atoms with Gasteiger partial charge in [-0.2, -0.15) is 0 Å². The summed E-state index contributed by atoms with van der Waals surface area (Å²) in [5.41, 5.74) is 1.46. The standard InChI is InChI=1S/C20H20N2O6/c1-24-15-10-14(11-16(25-2)19(15)26-3)20-22-21-17(28-20)12-27-18(23)9-13-7-5-4-6-8-13/h4-8,10-11H,9,12H2,1-3H3. The molecule has 1 aromatic heterocycles. The lowest BCUT2D eigenvalue weighted by atomic mass is 10.2. The fourth-order valence-corrected chi connectivity index (χ4v) is 2.59. The lowest BCUT2D eigenvalue weighted by Gasteiger charge is -2.12. The van der Waals surface area contributed by atoms with E-state index in [4.69, 9.17) is 23.4 Å². The molecule has 0 amide bonds. The molecule has 8 nitrogen and oxygen atoms in total. The van der Waals surface area contributed by atoms with E-state index in [9.17, 15) is 4.79 Å². The molecule has 146 valence electrons. The smallest absolute Gasteiger partial charge is 0.310 e. The molecule has 0 aliphatic rings. The van der Waals surface area contributed by atoms with E-state index in [0.29, 0.717) is 22.8 Å². The molecular formula is C20H20N2O6. The highest BCUT2D eigenvalue weighted by atomic mass is 16.5. The van der Waals surface area contributed by atoms with Crippen LogP contribution < -0.4 is 14.2 Å². The van der Waals surface area contributed by atoms with E-state index in [0.717, 1.165) is 5.56 Å². The van der Waals surface area contributed by atoms with Gasteiger partial charge >= 0.3 is 5.97 Å². The van der Waals surface area contributed by atoms with Crippen LogP contribution in [-0.4, -0.2) is 37.5 Å². The quantitative estimate of drug-likeness (QED) is 0.547. The lowest BCUT2D eigenvalue weighted by molar-refractivity contribution is -0.144. The summed E-state index contributed by atoms with van der Waals surface area (Å²) in [7, 11) is 4.56. The maximum Gasteiger partial charge on any atom is 0.310 e. The second-order valence-electron chi connectivity index (χ2n) is 5.74. The fourth-order valence-electron chi connectivity index (χ4n) is 2.59. The Morgan fingerprint density at radius 1 is 0.964 bits per heavy atom. The van der Waals surface area contributed by atoms with Crippen molar-refractivity contribution in [3.63, 3.8) is 0 Å². The predicted molar refractivity (Wildman–Crippen MR) is 99.3 cm³/mol. The van der Waals surface area contributed by atoms with E-state index < -0.39 is 0 Å². The molecule has 0 aliphatic heterocycles. The molecule has 0 aliphatic carbocycles. The van der Waals surface area contributed by atoms with Gasteiger partial charge in [0.2, 0.25) is 11.6 Å². The summed E-state index contributed by atoms with van der Waals surface area (Å²) >= 11 is 0. The number of hydrogen-bond donors (Lipinski definition) is 0. The number of nitrogens with zero attached hydrogens (tertiary/aromatic N) is 2. The molecule has 2 aromatic carbocycles. The van der Waals surface area contributed by atoms with Gasteiger partial charge in [0, 0.05) is 5.56 Å². The van der Waals surface area contributed by atoms with Crippen molar-refractivity contribution < 1.29 is 28.2 Å². The first-order valence-electron chi connectivity index (χ1n) is 8.47. The summed E-state index contributed by atoms with van der Waals surface area (Å²) in [4.78, 5) is 11.9. The molecule has 0 spiro atoms. The molecule has 0 fully saturated rings. The summed E-state index contributed by atoms with van der Waals surface area (Å²) in [5, 5.41) is 7.91. The van der Waals surface area contributed by atoms with Gasteiger partial charge < -0.3 is 23.4 Å². The predicted octanol–water partition coefficient (Wildman–Crippen LogP) is 3.05. The van der Waals surface area contributed by atoms with Gasteiger partial charge in [-0.1, -0.05) is 30.3 Å². The second kappa shape index (κ2) is 8.90. The van der Waals surface area contributed by atoms with E-state index in [1.807, 2.05) is 30.3 Å². The highest BCUT2D eigenvalue weighted by Gasteiger charge is 2.18. The Hall–Kier alpha value is -3.55. The van der Waals surface area contributed by atoms with Gasteiger partial charge in [-0.15, -0.1) is 10.2 Å². The maximum atomic E-state index is 11.9. The zero-order chi connectivity index (χ0) is 19.9. The van der Waals surface area contributed by atoms with Gasteiger partial charge in [0.25, 0.3) is 5.89 Å². The highest BCUT2D eigenvalue weighted by molar-refractivity contribution is 5.72. The van der Waals surface area contributed by atoms with Gasteiger partial charge in [0.1, 0.15) is 0 Å². The number of ether oxygens (including phenoxy) is 4. The van der Waals surface area contributed by atoms with Crippen molar-refractivity contribution in [2.24, 2.45) is 0 Å². The van der Waals surface area contributed by atoms with E-state index in [-0.39, 0.29) is 30.8 Å². The normalized spacial score (nSPS) is 10.4. The maximum absolute atomic E-state index is 11.9. The summed E-state index contributed by atoms with van der Waals surface area (Å²) in [6.45, 7) is -0.108. The van der Waals surface area contributed by atoms with Crippen molar-refractivity contribution in [2.75, 3.05) is 21.3 Å². The van der Waals surface area contributed by atoms with Crippen LogP contribution in [0.15, 0.2) is 46.9 Å². The zero-order valence-electron chi connectivity index (χ0n) is 15.8. The Kier molecular flexibility index (Phi) is 6.11. The van der Waals surface area contributed by atoms with Crippen molar-refractivity contribution in [3.8, 4) is 28.7 Å². The minimum absolute atomic E-state index is 0.108. The molecule has 3 rings (SSSR count). The van der Waals surface area contributed by atoms with E-state index >= 15 is 0 Å². The Balaban J connectivity index is 1.69. The highest BCUT2D eigenvalue weighted by Crippen LogP contribution is 2.40. The third-order valence-corrected chi connectivity index (χ3v) is 3.93. The first-order valence-corrected chi connectivity index (χ1v) is 8.47. The van der Waals surface area contributed by atoms with Crippen molar-refractivity contribution in [3.05, 3.63) is 53.9 Å². The first kappa shape index (κ1) is 19.2. The molecule has 0 atom stereocenters. The van der Waals surface area contributed by atoms with Crippen molar-refractivity contribution in [1.82, 2.24) is 10.2 Å². The monoisotopic (exact) mass is 384 g/mol. The van der Waals surface area contributed by atoms with Crippen LogP contribution in [0, 0.1) is 0 Å². The molecule has 1 heterocycles. The number of rotatable bonds is 8. The second-order valence-corrected chi connectivity index (χ2v) is 5.74. The Morgan fingerprint density at radius 2 is 1.64 bits per heavy atom. The van der Waals surface area contributed by atoms with Crippen LogP contribution in [0.2, 0.25) is 0 Å². The Labute approximate surface area is 162 Å². The van der Waals surface area contributed by atoms with Gasteiger partial charge in [-0.05, 0) is 17.7 Å². The molecule has 0 unspecified atom stereocenters. The first-order chi connectivity index (χ1) is 13.6. The van der Waals surface area contributed by atoms with E-state index in [1.165, 1.54) is 21.3 Å². The van der Waals surface area contributed by atoms with Gasteiger partial charge in [-0.25, -0.2) is 0 Å². The average molecular weight is 384 g/mol. The number of methoxy groups -OCH3 is 3. The minimum atomic E-state index is -0.376. The van der Waals surface area contributed by atoms with Crippen molar-refractivity contribution >= 4 is 5.97 Å². The van der Waals surface area contributed by atoms with Crippen LogP contribution in [0.4, 0.5) is 0 Å². The Bertz CT molecular complexity index is 914. The average Bonchev–Trinajstić information content (AvgIpc) is 3.21. The number of hydrogen-bond acceptors (Lipinski definition) is 8. The SMILES string of the molecule is COc1cc(-c2nnc(COC(=O)Cc3ccccc3)o2)cc(OC)c1OC. The molecule has 0 bridgehead atoms. The largest absolute Gasteiger partial charge is 0.493 e. The van der Waals surface area contributed by atoms with Crippen LogP contribution in [-0.2, 0) is 22.6 Å². The van der Waals surface area contributed by atoms with Crippen molar-refractivity contribution in [1.29, 1.82) is 0 Å². The van der Waals surface area contributed by atoms with Crippen LogP contribution in [0.1, 0.15) is 11.5 Å². The molecule has 0 radical (unpaired) electrons. The summed E-state index contributed by atoms with van der Waals surface area (Å²) in [6, 6.07) is 12.7. The van der Waals surface area contributed by atoms with E-state index in [2.05, 4.69) is 10.2 Å². The van der Waals surface area contributed by atoms with E-state index in [1.54, 1.807) is 12.1 Å². The summed E-state index contributed by atoms with van der Waals surface area (Å²) in [6.07, 6.45) is 0.175. The molecular weight excluding hydrogens is 364 g/mol. The van der Waals surface area contributed by atoms with Crippen LogP contribution >= 0.6 is 0 Å². The molecule has 0 N–H and O–H groups in total. The minimum Gasteiger partial charge on any atom is -0.493 e. The fraction of sp³-hybridized carbons (Fsp3) is 0.250. The van der Waals surface area contributed by atoms with Crippen molar-refractivity contribution in [2.45, 2.75) is 13.0 Å². The van der Waals surface area contributed by atoms with Crippen LogP contribution in [0.25, 0.3) is 11.5 Å².